The van der Waals surface area contributed by atoms with Crippen molar-refractivity contribution in [3.8, 4) is 0 Å². The normalized spacial score (nSPS) is 12.0. The first-order valence-corrected chi connectivity index (χ1v) is 10.5. The third-order valence-corrected chi connectivity index (χ3v) is 6.26. The number of hydrogen-bond acceptors (Lipinski definition) is 5. The maximum atomic E-state index is 13.2. The number of pyridine rings is 1. The molecule has 3 rings (SSSR count). The van der Waals surface area contributed by atoms with Gasteiger partial charge in [-0.1, -0.05) is 32.0 Å². The van der Waals surface area contributed by atoms with Crippen molar-refractivity contribution < 1.29 is 13.3 Å². The molecule has 0 unspecified atom stereocenters. The summed E-state index contributed by atoms with van der Waals surface area (Å²) in [6, 6.07) is 13.7. The van der Waals surface area contributed by atoms with E-state index in [2.05, 4.69) is 4.98 Å². The monoisotopic (exact) mass is 415 g/mol. The second kappa shape index (κ2) is 8.14. The fourth-order valence-electron chi connectivity index (χ4n) is 3.04. The predicted molar refractivity (Wildman–Crippen MR) is 110 cm³/mol. The van der Waals surface area contributed by atoms with Crippen molar-refractivity contribution in [2.75, 3.05) is 6.54 Å². The van der Waals surface area contributed by atoms with Gasteiger partial charge in [-0.2, -0.15) is 4.31 Å². The lowest BCUT2D eigenvalue weighted by Gasteiger charge is -2.24. The van der Waals surface area contributed by atoms with Crippen molar-refractivity contribution in [1.29, 1.82) is 0 Å². The average Bonchev–Trinajstić information content (AvgIpc) is 2.67. The molecule has 0 aliphatic carbocycles. The first-order valence-electron chi connectivity index (χ1n) is 9.04. The number of nitrogens with zero attached hydrogens (tertiary/aromatic N) is 2. The SMILES string of the molecule is CC(C)CN(Cc1cc2ccccc2[nH]c1=O)S(=O)(=O)c1ccc([N+](=O)[O-])cc1. The molecule has 0 saturated carbocycles. The van der Waals surface area contributed by atoms with Crippen LogP contribution in [0, 0.1) is 16.0 Å². The summed E-state index contributed by atoms with van der Waals surface area (Å²) in [6.45, 7) is 3.86. The third kappa shape index (κ3) is 4.52. The van der Waals surface area contributed by atoms with Crippen LogP contribution in [0.1, 0.15) is 19.4 Å². The Hall–Kier alpha value is -3.04. The van der Waals surface area contributed by atoms with Gasteiger partial charge in [0.05, 0.1) is 9.82 Å². The molecule has 1 heterocycles. The molecule has 9 heteroatoms. The van der Waals surface area contributed by atoms with Crippen LogP contribution in [0.5, 0.6) is 0 Å². The van der Waals surface area contributed by atoms with Crippen LogP contribution in [-0.2, 0) is 16.6 Å². The number of non-ortho nitro benzene ring substituents is 1. The zero-order chi connectivity index (χ0) is 21.2. The Morgan fingerprint density at radius 2 is 1.76 bits per heavy atom. The van der Waals surface area contributed by atoms with E-state index in [1.54, 1.807) is 12.1 Å². The fraction of sp³-hybridized carbons (Fsp3) is 0.250. The van der Waals surface area contributed by atoms with Crippen LogP contribution in [0.25, 0.3) is 10.9 Å². The van der Waals surface area contributed by atoms with Gasteiger partial charge in [-0.25, -0.2) is 8.42 Å². The lowest BCUT2D eigenvalue weighted by molar-refractivity contribution is -0.384. The number of hydrogen-bond donors (Lipinski definition) is 1. The first kappa shape index (κ1) is 20.7. The highest BCUT2D eigenvalue weighted by Crippen LogP contribution is 2.22. The quantitative estimate of drug-likeness (QED) is 0.470. The number of fused-ring (bicyclic) bond motifs is 1. The molecule has 0 amide bonds. The highest BCUT2D eigenvalue weighted by Gasteiger charge is 2.27. The molecular weight excluding hydrogens is 394 g/mol. The number of nitrogens with one attached hydrogen (secondary N) is 1. The second-order valence-corrected chi connectivity index (χ2v) is 9.09. The molecule has 0 aliphatic rings. The molecule has 8 nitrogen and oxygen atoms in total. The molecule has 0 fully saturated rings. The highest BCUT2D eigenvalue weighted by atomic mass is 32.2. The Kier molecular flexibility index (Phi) is 5.81. The number of H-pyrrole nitrogens is 1. The number of para-hydroxylation sites is 1. The Bertz CT molecular complexity index is 1200. The van der Waals surface area contributed by atoms with Crippen LogP contribution in [0.15, 0.2) is 64.3 Å². The number of nitro groups is 1. The van der Waals surface area contributed by atoms with Gasteiger partial charge in [0.2, 0.25) is 10.0 Å². The molecule has 0 bridgehead atoms. The molecule has 0 saturated heterocycles. The van der Waals surface area contributed by atoms with Crippen molar-refractivity contribution >= 4 is 26.6 Å². The standard InChI is InChI=1S/C20H21N3O5S/c1-14(2)12-22(29(27,28)18-9-7-17(8-10-18)23(25)26)13-16-11-15-5-3-4-6-19(15)21-20(16)24/h3-11,14H,12-13H2,1-2H3,(H,21,24). The summed E-state index contributed by atoms with van der Waals surface area (Å²) in [6.07, 6.45) is 0. The zero-order valence-electron chi connectivity index (χ0n) is 16.0. The average molecular weight is 415 g/mol. The molecule has 1 aromatic heterocycles. The third-order valence-electron chi connectivity index (χ3n) is 4.43. The van der Waals surface area contributed by atoms with Crippen molar-refractivity contribution in [3.63, 3.8) is 0 Å². The number of benzene rings is 2. The summed E-state index contributed by atoms with van der Waals surface area (Å²) in [7, 11) is -3.95. The second-order valence-electron chi connectivity index (χ2n) is 7.15. The smallest absolute Gasteiger partial charge is 0.269 e. The van der Waals surface area contributed by atoms with Gasteiger partial charge >= 0.3 is 0 Å². The Morgan fingerprint density at radius 1 is 1.10 bits per heavy atom. The van der Waals surface area contributed by atoms with Gasteiger partial charge in [-0.15, -0.1) is 0 Å². The zero-order valence-corrected chi connectivity index (χ0v) is 16.8. The molecule has 2 aromatic carbocycles. The van der Waals surface area contributed by atoms with E-state index in [-0.39, 0.29) is 35.1 Å². The van der Waals surface area contributed by atoms with Gasteiger partial charge in [0.1, 0.15) is 0 Å². The summed E-state index contributed by atoms with van der Waals surface area (Å²) in [5, 5.41) is 11.6. The molecule has 1 N–H and O–H groups in total. The molecule has 152 valence electrons. The van der Waals surface area contributed by atoms with E-state index in [1.165, 1.54) is 16.4 Å². The largest absolute Gasteiger partial charge is 0.322 e. The van der Waals surface area contributed by atoms with E-state index in [1.807, 2.05) is 32.0 Å². The van der Waals surface area contributed by atoms with Crippen molar-refractivity contribution in [3.05, 3.63) is 80.6 Å². The van der Waals surface area contributed by atoms with Crippen LogP contribution in [0.3, 0.4) is 0 Å². The maximum absolute atomic E-state index is 13.2. The van der Waals surface area contributed by atoms with E-state index in [0.717, 1.165) is 17.5 Å². The first-order chi connectivity index (χ1) is 13.7. The Morgan fingerprint density at radius 3 is 2.38 bits per heavy atom. The predicted octanol–water partition coefficient (Wildman–Crippen LogP) is 3.28. The number of aromatic nitrogens is 1. The number of sulfonamides is 1. The molecular formula is C20H21N3O5S. The van der Waals surface area contributed by atoms with E-state index >= 15 is 0 Å². The summed E-state index contributed by atoms with van der Waals surface area (Å²) >= 11 is 0. The Labute approximate surface area is 168 Å². The van der Waals surface area contributed by atoms with Crippen molar-refractivity contribution in [2.45, 2.75) is 25.3 Å². The van der Waals surface area contributed by atoms with Gasteiger partial charge in [0.15, 0.2) is 0 Å². The number of nitro benzene ring substituents is 1. The molecule has 0 atom stereocenters. The van der Waals surface area contributed by atoms with Gasteiger partial charge in [-0.05, 0) is 35.6 Å². The van der Waals surface area contributed by atoms with Crippen LogP contribution in [0.2, 0.25) is 0 Å². The van der Waals surface area contributed by atoms with Crippen LogP contribution < -0.4 is 5.56 Å². The lowest BCUT2D eigenvalue weighted by atomic mass is 10.1. The van der Waals surface area contributed by atoms with Crippen LogP contribution in [0.4, 0.5) is 5.69 Å². The minimum atomic E-state index is -3.95. The minimum absolute atomic E-state index is 0.0161. The maximum Gasteiger partial charge on any atom is 0.269 e. The Balaban J connectivity index is 2.00. The molecule has 0 aliphatic heterocycles. The molecule has 29 heavy (non-hydrogen) atoms. The summed E-state index contributed by atoms with van der Waals surface area (Å²) in [4.78, 5) is 25.5. The topological polar surface area (TPSA) is 113 Å². The summed E-state index contributed by atoms with van der Waals surface area (Å²) < 4.78 is 27.6. The highest BCUT2D eigenvalue weighted by molar-refractivity contribution is 7.89. The molecule has 0 spiro atoms. The van der Waals surface area contributed by atoms with E-state index in [9.17, 15) is 23.3 Å². The summed E-state index contributed by atoms with van der Waals surface area (Å²) in [5.74, 6) is 0.0161. The molecule has 3 aromatic rings. The van der Waals surface area contributed by atoms with Gasteiger partial charge in [0.25, 0.3) is 11.2 Å². The van der Waals surface area contributed by atoms with Gasteiger partial charge in [-0.3, -0.25) is 14.9 Å². The fourth-order valence-corrected chi connectivity index (χ4v) is 4.63. The van der Waals surface area contributed by atoms with Crippen LogP contribution >= 0.6 is 0 Å². The molecule has 0 radical (unpaired) electrons. The van der Waals surface area contributed by atoms with E-state index in [4.69, 9.17) is 0 Å². The number of aromatic amines is 1. The van der Waals surface area contributed by atoms with Gasteiger partial charge < -0.3 is 4.98 Å². The van der Waals surface area contributed by atoms with Crippen molar-refractivity contribution in [1.82, 2.24) is 9.29 Å². The van der Waals surface area contributed by atoms with Crippen LogP contribution in [-0.4, -0.2) is 29.2 Å². The van der Waals surface area contributed by atoms with Gasteiger partial charge in [0, 0.05) is 36.3 Å². The summed E-state index contributed by atoms with van der Waals surface area (Å²) in [5.41, 5.74) is 0.464. The van der Waals surface area contributed by atoms with E-state index in [0.29, 0.717) is 11.1 Å². The van der Waals surface area contributed by atoms with E-state index < -0.39 is 14.9 Å². The lowest BCUT2D eigenvalue weighted by Crippen LogP contribution is -2.35. The number of rotatable bonds is 7. The minimum Gasteiger partial charge on any atom is -0.322 e. The van der Waals surface area contributed by atoms with Crippen molar-refractivity contribution in [2.24, 2.45) is 5.92 Å².